The highest BCUT2D eigenvalue weighted by Crippen LogP contribution is 2.11. The summed E-state index contributed by atoms with van der Waals surface area (Å²) in [5, 5.41) is 8.52. The summed E-state index contributed by atoms with van der Waals surface area (Å²) in [4.78, 5) is 33.0. The third kappa shape index (κ3) is 16.8. The average Bonchev–Trinajstić information content (AvgIpc) is 2.55. The summed E-state index contributed by atoms with van der Waals surface area (Å²) in [6, 6.07) is 0. The highest BCUT2D eigenvalue weighted by molar-refractivity contribution is 5.86. The van der Waals surface area contributed by atoms with Crippen molar-refractivity contribution in [3.05, 3.63) is 12.2 Å². The van der Waals surface area contributed by atoms with Crippen LogP contribution in [0, 0.1) is 0 Å². The van der Waals surface area contributed by atoms with Crippen LogP contribution in [0.25, 0.3) is 0 Å². The molecule has 0 saturated carbocycles. The molecule has 0 aliphatic rings. The van der Waals surface area contributed by atoms with Gasteiger partial charge in [0, 0.05) is 24.8 Å². The Hall–Kier alpha value is -1.85. The van der Waals surface area contributed by atoms with Crippen LogP contribution >= 0.6 is 0 Å². The standard InChI is InChI=1S/C19H32O6/c1-16(2)19(23)25-15-11-14-24-18(22)13-10-8-6-4-3-5-7-9-12-17(20)21/h1,3-15H2,2H3,(H,20,21). The van der Waals surface area contributed by atoms with Gasteiger partial charge in [-0.05, 0) is 19.8 Å². The first-order valence-corrected chi connectivity index (χ1v) is 9.13. The van der Waals surface area contributed by atoms with Crippen LogP contribution in [0.5, 0.6) is 0 Å². The Labute approximate surface area is 150 Å². The molecule has 25 heavy (non-hydrogen) atoms. The fourth-order valence-corrected chi connectivity index (χ4v) is 2.21. The average molecular weight is 356 g/mol. The van der Waals surface area contributed by atoms with Gasteiger partial charge in [0.2, 0.25) is 0 Å². The van der Waals surface area contributed by atoms with E-state index in [1.54, 1.807) is 6.92 Å². The van der Waals surface area contributed by atoms with Crippen molar-refractivity contribution in [1.29, 1.82) is 0 Å². The molecule has 1 N–H and O–H groups in total. The molecule has 0 heterocycles. The Morgan fingerprint density at radius 2 is 1.24 bits per heavy atom. The van der Waals surface area contributed by atoms with Crippen LogP contribution in [0.4, 0.5) is 0 Å². The van der Waals surface area contributed by atoms with Gasteiger partial charge < -0.3 is 14.6 Å². The molecule has 0 aromatic heterocycles. The zero-order valence-electron chi connectivity index (χ0n) is 15.4. The predicted octanol–water partition coefficient (Wildman–Crippen LogP) is 4.02. The molecule has 0 amide bonds. The van der Waals surface area contributed by atoms with E-state index in [9.17, 15) is 14.4 Å². The second-order valence-corrected chi connectivity index (χ2v) is 6.21. The van der Waals surface area contributed by atoms with Gasteiger partial charge in [-0.3, -0.25) is 9.59 Å². The van der Waals surface area contributed by atoms with Crippen LogP contribution in [0.2, 0.25) is 0 Å². The first kappa shape index (κ1) is 23.1. The van der Waals surface area contributed by atoms with Crippen LogP contribution in [0.3, 0.4) is 0 Å². The zero-order chi connectivity index (χ0) is 18.9. The molecule has 144 valence electrons. The minimum atomic E-state index is -0.722. The molecule has 6 heteroatoms. The molecule has 0 aliphatic carbocycles. The zero-order valence-corrected chi connectivity index (χ0v) is 15.4. The normalized spacial score (nSPS) is 10.3. The van der Waals surface area contributed by atoms with E-state index in [4.69, 9.17) is 14.6 Å². The summed E-state index contributed by atoms with van der Waals surface area (Å²) in [5.41, 5.74) is 0.359. The second kappa shape index (κ2) is 15.7. The van der Waals surface area contributed by atoms with Gasteiger partial charge in [-0.1, -0.05) is 45.1 Å². The third-order valence-corrected chi connectivity index (χ3v) is 3.65. The smallest absolute Gasteiger partial charge is 0.333 e. The van der Waals surface area contributed by atoms with Crippen LogP contribution < -0.4 is 0 Å². The highest BCUT2D eigenvalue weighted by Gasteiger charge is 2.05. The molecule has 0 atom stereocenters. The number of hydrogen-bond acceptors (Lipinski definition) is 5. The lowest BCUT2D eigenvalue weighted by Gasteiger charge is -2.06. The van der Waals surface area contributed by atoms with Crippen molar-refractivity contribution >= 4 is 17.9 Å². The number of carbonyl (C=O) groups is 3. The van der Waals surface area contributed by atoms with Crippen molar-refractivity contribution in [2.45, 2.75) is 77.6 Å². The molecular weight excluding hydrogens is 324 g/mol. The first-order chi connectivity index (χ1) is 11.9. The highest BCUT2D eigenvalue weighted by atomic mass is 16.5. The summed E-state index contributed by atoms with van der Waals surface area (Å²) in [6.45, 7) is 5.56. The van der Waals surface area contributed by atoms with Gasteiger partial charge in [0.05, 0.1) is 13.2 Å². The van der Waals surface area contributed by atoms with Crippen molar-refractivity contribution in [2.75, 3.05) is 13.2 Å². The topological polar surface area (TPSA) is 89.9 Å². The summed E-state index contributed by atoms with van der Waals surface area (Å²) in [5.74, 6) is -1.35. The lowest BCUT2D eigenvalue weighted by atomic mass is 10.1. The minimum Gasteiger partial charge on any atom is -0.481 e. The van der Waals surface area contributed by atoms with Gasteiger partial charge in [-0.2, -0.15) is 0 Å². The Balaban J connectivity index is 3.29. The number of ether oxygens (including phenoxy) is 2. The fraction of sp³-hybridized carbons (Fsp3) is 0.737. The van der Waals surface area contributed by atoms with E-state index in [-0.39, 0.29) is 25.6 Å². The predicted molar refractivity (Wildman–Crippen MR) is 95.2 cm³/mol. The molecule has 0 radical (unpaired) electrons. The minimum absolute atomic E-state index is 0.208. The molecule has 0 rings (SSSR count). The van der Waals surface area contributed by atoms with Crippen LogP contribution in [-0.2, 0) is 23.9 Å². The van der Waals surface area contributed by atoms with Crippen molar-refractivity contribution in [1.82, 2.24) is 0 Å². The Kier molecular flexibility index (Phi) is 14.5. The van der Waals surface area contributed by atoms with Gasteiger partial charge >= 0.3 is 17.9 Å². The third-order valence-electron chi connectivity index (χ3n) is 3.65. The molecule has 6 nitrogen and oxygen atoms in total. The molecule has 0 aromatic carbocycles. The number of esters is 2. The Bertz CT molecular complexity index is 416. The molecule has 0 bridgehead atoms. The number of rotatable bonds is 16. The summed E-state index contributed by atoms with van der Waals surface area (Å²) >= 11 is 0. The van der Waals surface area contributed by atoms with Crippen LogP contribution in [-0.4, -0.2) is 36.2 Å². The lowest BCUT2D eigenvalue weighted by Crippen LogP contribution is -2.10. The Morgan fingerprint density at radius 3 is 1.76 bits per heavy atom. The van der Waals surface area contributed by atoms with Crippen molar-refractivity contribution in [3.8, 4) is 0 Å². The second-order valence-electron chi connectivity index (χ2n) is 6.21. The van der Waals surface area contributed by atoms with Crippen LogP contribution in [0.15, 0.2) is 12.2 Å². The van der Waals surface area contributed by atoms with Crippen molar-refractivity contribution in [2.24, 2.45) is 0 Å². The van der Waals surface area contributed by atoms with Crippen LogP contribution in [0.1, 0.15) is 77.6 Å². The number of carboxylic acid groups (broad SMARTS) is 1. The van der Waals surface area contributed by atoms with Crippen molar-refractivity contribution in [3.63, 3.8) is 0 Å². The SMILES string of the molecule is C=C(C)C(=O)OCCCOC(=O)CCCCCCCCCCC(=O)O. The van der Waals surface area contributed by atoms with E-state index in [1.807, 2.05) is 0 Å². The number of carboxylic acids is 1. The lowest BCUT2D eigenvalue weighted by molar-refractivity contribution is -0.145. The van der Waals surface area contributed by atoms with Gasteiger partial charge in [-0.25, -0.2) is 4.79 Å². The maximum atomic E-state index is 11.5. The number of hydrogen-bond donors (Lipinski definition) is 1. The number of carbonyl (C=O) groups excluding carboxylic acids is 2. The van der Waals surface area contributed by atoms with E-state index in [0.717, 1.165) is 51.4 Å². The van der Waals surface area contributed by atoms with Gasteiger partial charge in [0.25, 0.3) is 0 Å². The number of aliphatic carboxylic acids is 1. The van der Waals surface area contributed by atoms with E-state index in [2.05, 4.69) is 6.58 Å². The van der Waals surface area contributed by atoms with Gasteiger partial charge in [-0.15, -0.1) is 0 Å². The van der Waals surface area contributed by atoms with E-state index < -0.39 is 11.9 Å². The summed E-state index contributed by atoms with van der Waals surface area (Å²) < 4.78 is 9.97. The first-order valence-electron chi connectivity index (χ1n) is 9.13. The summed E-state index contributed by atoms with van der Waals surface area (Å²) in [7, 11) is 0. The van der Waals surface area contributed by atoms with Gasteiger partial charge in [0.15, 0.2) is 0 Å². The number of unbranched alkanes of at least 4 members (excludes halogenated alkanes) is 7. The molecule has 0 spiro atoms. The quantitative estimate of drug-likeness (QED) is 0.255. The Morgan fingerprint density at radius 1 is 0.760 bits per heavy atom. The van der Waals surface area contributed by atoms with Crippen molar-refractivity contribution < 1.29 is 29.0 Å². The maximum absolute atomic E-state index is 11.5. The summed E-state index contributed by atoms with van der Waals surface area (Å²) in [6.07, 6.45) is 9.13. The molecule has 0 saturated heterocycles. The fourth-order valence-electron chi connectivity index (χ4n) is 2.21. The molecule has 0 aliphatic heterocycles. The maximum Gasteiger partial charge on any atom is 0.333 e. The van der Waals surface area contributed by atoms with E-state index in [0.29, 0.717) is 18.4 Å². The molecule has 0 aromatic rings. The molecular formula is C19H32O6. The monoisotopic (exact) mass is 356 g/mol. The van der Waals surface area contributed by atoms with E-state index in [1.165, 1.54) is 0 Å². The largest absolute Gasteiger partial charge is 0.481 e. The van der Waals surface area contributed by atoms with E-state index >= 15 is 0 Å². The van der Waals surface area contributed by atoms with Gasteiger partial charge in [0.1, 0.15) is 0 Å². The molecule has 0 unspecified atom stereocenters. The molecule has 0 fully saturated rings.